The summed E-state index contributed by atoms with van der Waals surface area (Å²) < 4.78 is 27.8. The zero-order valence-corrected chi connectivity index (χ0v) is 16.1. The van der Waals surface area contributed by atoms with Crippen LogP contribution in [0.2, 0.25) is 10.3 Å². The van der Waals surface area contributed by atoms with Crippen molar-refractivity contribution >= 4 is 44.8 Å². The second kappa shape index (κ2) is 7.82. The summed E-state index contributed by atoms with van der Waals surface area (Å²) in [6.45, 7) is 1.35. The molecule has 0 aliphatic carbocycles. The zero-order valence-electron chi connectivity index (χ0n) is 13.8. The molecule has 1 amide bonds. The van der Waals surface area contributed by atoms with Gasteiger partial charge in [0, 0.05) is 13.1 Å². The molecular formula is C17H17Cl2N3O3S. The minimum atomic E-state index is -4.02. The van der Waals surface area contributed by atoms with Gasteiger partial charge in [-0.25, -0.2) is 13.4 Å². The van der Waals surface area contributed by atoms with E-state index in [0.29, 0.717) is 18.7 Å². The molecule has 1 aliphatic rings. The number of carbonyl (C=O) groups is 1. The Bertz CT molecular complexity index is 929. The van der Waals surface area contributed by atoms with E-state index in [9.17, 15) is 13.2 Å². The second-order valence-corrected chi connectivity index (χ2v) is 8.32. The molecule has 0 saturated carbocycles. The number of anilines is 1. The first-order chi connectivity index (χ1) is 12.4. The highest BCUT2D eigenvalue weighted by atomic mass is 35.5. The predicted molar refractivity (Wildman–Crippen MR) is 101 cm³/mol. The van der Waals surface area contributed by atoms with Gasteiger partial charge in [0.05, 0.1) is 11.3 Å². The van der Waals surface area contributed by atoms with E-state index in [4.69, 9.17) is 23.2 Å². The monoisotopic (exact) mass is 413 g/mol. The molecule has 0 atom stereocenters. The number of para-hydroxylation sites is 1. The molecule has 1 aromatic carbocycles. The summed E-state index contributed by atoms with van der Waals surface area (Å²) in [5.41, 5.74) is 0.505. The van der Waals surface area contributed by atoms with Gasteiger partial charge in [0.2, 0.25) is 0 Å². The molecule has 0 spiro atoms. The number of likely N-dealkylation sites (tertiary alicyclic amines) is 1. The van der Waals surface area contributed by atoms with Crippen molar-refractivity contribution in [2.75, 3.05) is 17.8 Å². The van der Waals surface area contributed by atoms with Gasteiger partial charge < -0.3 is 4.90 Å². The van der Waals surface area contributed by atoms with E-state index in [1.54, 1.807) is 29.2 Å². The molecule has 9 heteroatoms. The third-order valence-electron chi connectivity index (χ3n) is 4.12. The number of rotatable bonds is 4. The molecule has 1 fully saturated rings. The maximum atomic E-state index is 12.8. The summed E-state index contributed by atoms with van der Waals surface area (Å²) in [5.74, 6) is -0.191. The van der Waals surface area contributed by atoms with E-state index < -0.39 is 10.0 Å². The molecule has 0 radical (unpaired) electrons. The van der Waals surface area contributed by atoms with Crippen LogP contribution >= 0.6 is 23.2 Å². The molecule has 1 aliphatic heterocycles. The average Bonchev–Trinajstić information content (AvgIpc) is 2.61. The van der Waals surface area contributed by atoms with Crippen LogP contribution in [-0.4, -0.2) is 37.3 Å². The van der Waals surface area contributed by atoms with Crippen molar-refractivity contribution in [2.24, 2.45) is 0 Å². The summed E-state index contributed by atoms with van der Waals surface area (Å²) in [7, 11) is -4.02. The van der Waals surface area contributed by atoms with E-state index >= 15 is 0 Å². The van der Waals surface area contributed by atoms with Gasteiger partial charge in [-0.3, -0.25) is 9.52 Å². The molecule has 26 heavy (non-hydrogen) atoms. The largest absolute Gasteiger partial charge is 0.339 e. The van der Waals surface area contributed by atoms with Crippen molar-refractivity contribution in [3.63, 3.8) is 0 Å². The Kier molecular flexibility index (Phi) is 5.70. The molecule has 0 unspecified atom stereocenters. The van der Waals surface area contributed by atoms with Crippen molar-refractivity contribution in [1.29, 1.82) is 0 Å². The van der Waals surface area contributed by atoms with Crippen LogP contribution in [-0.2, 0) is 10.0 Å². The fourth-order valence-corrected chi connectivity index (χ4v) is 4.57. The van der Waals surface area contributed by atoms with Gasteiger partial charge in [0.25, 0.3) is 15.9 Å². The van der Waals surface area contributed by atoms with Gasteiger partial charge in [-0.15, -0.1) is 0 Å². The molecule has 1 aromatic heterocycles. The molecule has 0 bridgehead atoms. The summed E-state index contributed by atoms with van der Waals surface area (Å²) in [5, 5.41) is -0.139. The standard InChI is InChI=1S/C17H17Cl2N3O3S/c18-15-9-8-14(16(19)20-15)26(24,25)21-13-7-3-2-6-12(13)17(23)22-10-4-1-5-11-22/h2-3,6-9,21H,1,4-5,10-11H2. The summed E-state index contributed by atoms with van der Waals surface area (Å²) >= 11 is 11.6. The Balaban J connectivity index is 1.91. The Hall–Kier alpha value is -1.83. The van der Waals surface area contributed by atoms with Crippen LogP contribution in [0.3, 0.4) is 0 Å². The smallest absolute Gasteiger partial charge is 0.264 e. The number of nitrogens with one attached hydrogen (secondary N) is 1. The number of hydrogen-bond donors (Lipinski definition) is 1. The quantitative estimate of drug-likeness (QED) is 0.772. The highest BCUT2D eigenvalue weighted by Crippen LogP contribution is 2.26. The van der Waals surface area contributed by atoms with Crippen molar-refractivity contribution in [1.82, 2.24) is 9.88 Å². The first-order valence-electron chi connectivity index (χ1n) is 8.11. The van der Waals surface area contributed by atoms with E-state index in [2.05, 4.69) is 9.71 Å². The fraction of sp³-hybridized carbons (Fsp3) is 0.294. The first kappa shape index (κ1) is 18.9. The van der Waals surface area contributed by atoms with Crippen LogP contribution < -0.4 is 4.72 Å². The number of sulfonamides is 1. The number of piperidine rings is 1. The SMILES string of the molecule is O=C(c1ccccc1NS(=O)(=O)c1ccc(Cl)nc1Cl)N1CCCCC1. The maximum absolute atomic E-state index is 12.8. The summed E-state index contributed by atoms with van der Waals surface area (Å²) in [6, 6.07) is 9.13. The lowest BCUT2D eigenvalue weighted by Gasteiger charge is -2.27. The van der Waals surface area contributed by atoms with Gasteiger partial charge in [0.1, 0.15) is 10.0 Å². The van der Waals surface area contributed by atoms with Crippen LogP contribution in [0.15, 0.2) is 41.3 Å². The molecule has 6 nitrogen and oxygen atoms in total. The van der Waals surface area contributed by atoms with E-state index in [1.807, 2.05) is 0 Å². The first-order valence-corrected chi connectivity index (χ1v) is 10.4. The summed E-state index contributed by atoms with van der Waals surface area (Å²) in [4.78, 5) is 18.1. The summed E-state index contributed by atoms with van der Waals surface area (Å²) in [6.07, 6.45) is 3.00. The highest BCUT2D eigenvalue weighted by Gasteiger charge is 2.24. The number of hydrogen-bond acceptors (Lipinski definition) is 4. The predicted octanol–water partition coefficient (Wildman–Crippen LogP) is 3.82. The van der Waals surface area contributed by atoms with Crippen LogP contribution in [0.1, 0.15) is 29.6 Å². The highest BCUT2D eigenvalue weighted by molar-refractivity contribution is 7.92. The normalized spacial score (nSPS) is 14.9. The number of carbonyl (C=O) groups excluding carboxylic acids is 1. The average molecular weight is 414 g/mol. The van der Waals surface area contributed by atoms with Crippen molar-refractivity contribution in [3.8, 4) is 0 Å². The molecule has 1 saturated heterocycles. The topological polar surface area (TPSA) is 79.4 Å². The number of aromatic nitrogens is 1. The van der Waals surface area contributed by atoms with Gasteiger partial charge in [0.15, 0.2) is 5.15 Å². The van der Waals surface area contributed by atoms with Crippen LogP contribution in [0.5, 0.6) is 0 Å². The lowest BCUT2D eigenvalue weighted by atomic mass is 10.1. The third-order valence-corrected chi connectivity index (χ3v) is 6.12. The Morgan fingerprint density at radius 3 is 2.42 bits per heavy atom. The zero-order chi connectivity index (χ0) is 18.7. The van der Waals surface area contributed by atoms with Crippen LogP contribution in [0, 0.1) is 0 Å². The maximum Gasteiger partial charge on any atom is 0.264 e. The number of pyridine rings is 1. The number of benzene rings is 1. The molecule has 138 valence electrons. The molecule has 1 N–H and O–H groups in total. The van der Waals surface area contributed by atoms with Gasteiger partial charge in [-0.05, 0) is 43.5 Å². The number of amides is 1. The second-order valence-electron chi connectivity index (χ2n) is 5.93. The lowest BCUT2D eigenvalue weighted by Crippen LogP contribution is -2.36. The van der Waals surface area contributed by atoms with Crippen molar-refractivity contribution < 1.29 is 13.2 Å². The van der Waals surface area contributed by atoms with E-state index in [1.165, 1.54) is 12.1 Å². The molecular weight excluding hydrogens is 397 g/mol. The van der Waals surface area contributed by atoms with Gasteiger partial charge >= 0.3 is 0 Å². The fourth-order valence-electron chi connectivity index (χ4n) is 2.83. The van der Waals surface area contributed by atoms with Gasteiger partial charge in [-0.1, -0.05) is 35.3 Å². The molecule has 3 rings (SSSR count). The van der Waals surface area contributed by atoms with E-state index in [0.717, 1.165) is 19.3 Å². The molecule has 2 heterocycles. The Morgan fingerprint density at radius 1 is 1.04 bits per heavy atom. The van der Waals surface area contributed by atoms with Crippen LogP contribution in [0.25, 0.3) is 0 Å². The third kappa shape index (κ3) is 4.11. The van der Waals surface area contributed by atoms with Crippen molar-refractivity contribution in [3.05, 3.63) is 52.3 Å². The Labute approximate surface area is 162 Å². The minimum absolute atomic E-state index is 0.0922. The lowest BCUT2D eigenvalue weighted by molar-refractivity contribution is 0.0725. The van der Waals surface area contributed by atoms with Crippen molar-refractivity contribution in [2.45, 2.75) is 24.2 Å². The minimum Gasteiger partial charge on any atom is -0.339 e. The number of halogens is 2. The molecule has 2 aromatic rings. The van der Waals surface area contributed by atoms with E-state index in [-0.39, 0.29) is 26.8 Å². The van der Waals surface area contributed by atoms with Crippen LogP contribution in [0.4, 0.5) is 5.69 Å². The Morgan fingerprint density at radius 2 is 1.73 bits per heavy atom. The van der Waals surface area contributed by atoms with Gasteiger partial charge in [-0.2, -0.15) is 0 Å². The number of nitrogens with zero attached hydrogens (tertiary/aromatic N) is 2.